The zero-order valence-corrected chi connectivity index (χ0v) is 33.7. The largest absolute Gasteiger partial charge is 3.00 e. The summed E-state index contributed by atoms with van der Waals surface area (Å²) < 4.78 is 1.83. The molecule has 0 heterocycles. The van der Waals surface area contributed by atoms with E-state index in [2.05, 4.69) is 131 Å². The molecular formula is C39H39FeN3S6+3. The molecule has 0 aliphatic carbocycles. The van der Waals surface area contributed by atoms with E-state index in [0.29, 0.717) is 13.0 Å². The van der Waals surface area contributed by atoms with Crippen molar-refractivity contribution in [1.29, 1.82) is 0 Å². The molecule has 0 spiro atoms. The van der Waals surface area contributed by atoms with E-state index in [1.807, 2.05) is 69.3 Å². The van der Waals surface area contributed by atoms with Crippen molar-refractivity contribution >= 4 is 137 Å². The maximum Gasteiger partial charge on any atom is 3.00 e. The van der Waals surface area contributed by atoms with Crippen LogP contribution < -0.4 is 14.7 Å². The second-order valence-electron chi connectivity index (χ2n) is 10.6. The van der Waals surface area contributed by atoms with E-state index >= 15 is 0 Å². The third-order valence-corrected chi connectivity index (χ3v) is 9.20. The molecule has 0 bridgehead atoms. The Bertz CT molecular complexity index is 1790. The number of benzene rings is 6. The minimum absolute atomic E-state index is 0. The minimum atomic E-state index is 0. The Morgan fingerprint density at radius 1 is 0.408 bits per heavy atom. The van der Waals surface area contributed by atoms with Crippen LogP contribution in [0.2, 0.25) is 0 Å². The molecule has 0 unspecified atom stereocenters. The van der Waals surface area contributed by atoms with Crippen molar-refractivity contribution in [1.82, 2.24) is 0 Å². The van der Waals surface area contributed by atoms with Crippen LogP contribution in [-0.4, -0.2) is 32.6 Å². The number of rotatable bonds is 6. The van der Waals surface area contributed by atoms with Crippen LogP contribution in [0.3, 0.4) is 0 Å². The fourth-order valence-electron chi connectivity index (χ4n) is 5.56. The van der Waals surface area contributed by atoms with E-state index in [4.69, 9.17) is 36.7 Å². The van der Waals surface area contributed by atoms with Crippen LogP contribution in [0.5, 0.6) is 0 Å². The zero-order chi connectivity index (χ0) is 34.6. The maximum absolute atomic E-state index is 5.15. The Kier molecular flexibility index (Phi) is 16.9. The third-order valence-electron chi connectivity index (χ3n) is 7.81. The molecule has 49 heavy (non-hydrogen) atoms. The second kappa shape index (κ2) is 20.3. The van der Waals surface area contributed by atoms with Crippen LogP contribution in [0.4, 0.5) is 17.1 Å². The quantitative estimate of drug-likeness (QED) is 0.0874. The number of anilines is 3. The molecule has 0 aliphatic heterocycles. The summed E-state index contributed by atoms with van der Waals surface area (Å²) in [6.45, 7) is 8.71. The van der Waals surface area contributed by atoms with Gasteiger partial charge in [0.2, 0.25) is 0 Å². The summed E-state index contributed by atoms with van der Waals surface area (Å²) in [5.41, 5.74) is 3.38. The molecule has 0 saturated carbocycles. The monoisotopic (exact) mass is 797 g/mol. The minimum Gasteiger partial charge on any atom is -0.327 e. The number of thiol groups is 3. The topological polar surface area (TPSA) is 9.72 Å². The van der Waals surface area contributed by atoms with Gasteiger partial charge in [-0.2, -0.15) is 0 Å². The Morgan fingerprint density at radius 3 is 0.857 bits per heavy atom. The van der Waals surface area contributed by atoms with Crippen molar-refractivity contribution in [2.24, 2.45) is 0 Å². The molecule has 0 fully saturated rings. The van der Waals surface area contributed by atoms with E-state index < -0.39 is 0 Å². The Hall–Kier alpha value is -2.66. The first kappa shape index (κ1) is 40.8. The summed E-state index contributed by atoms with van der Waals surface area (Å²) in [5, 5.41) is 7.31. The standard InChI is InChI=1S/3C13H13NS2.Fe/c3*1-2-14(13(15)16)12-9-5-7-10-6-3-4-8-11(10)12;/h3*3-9H,2H2,1H3,(H,15,16);/q;;;+3. The van der Waals surface area contributed by atoms with Gasteiger partial charge in [0.05, 0.1) is 17.1 Å². The first-order valence-electron chi connectivity index (χ1n) is 15.7. The van der Waals surface area contributed by atoms with Gasteiger partial charge in [-0.05, 0) is 55.1 Å². The third kappa shape index (κ3) is 10.4. The second-order valence-corrected chi connectivity index (χ2v) is 13.9. The molecule has 6 rings (SSSR count). The Balaban J connectivity index is 0.000000197. The maximum atomic E-state index is 5.15. The summed E-state index contributed by atoms with van der Waals surface area (Å²) >= 11 is 28.3. The molecule has 1 radical (unpaired) electrons. The Labute approximate surface area is 333 Å². The van der Waals surface area contributed by atoms with Gasteiger partial charge < -0.3 is 14.7 Å². The summed E-state index contributed by atoms with van der Waals surface area (Å²) in [6.07, 6.45) is 0. The van der Waals surface area contributed by atoms with Crippen molar-refractivity contribution in [3.8, 4) is 0 Å². The molecule has 3 nitrogen and oxygen atoms in total. The van der Waals surface area contributed by atoms with Gasteiger partial charge in [0, 0.05) is 35.8 Å². The molecule has 0 aliphatic rings. The zero-order valence-electron chi connectivity index (χ0n) is 27.5. The van der Waals surface area contributed by atoms with Gasteiger partial charge in [-0.15, -0.1) is 37.9 Å². The first-order valence-corrected chi connectivity index (χ1v) is 18.2. The van der Waals surface area contributed by atoms with Crippen molar-refractivity contribution in [2.75, 3.05) is 34.3 Å². The van der Waals surface area contributed by atoms with Crippen LogP contribution in [0, 0.1) is 0 Å². The summed E-state index contributed by atoms with van der Waals surface area (Å²) in [7, 11) is 0. The molecule has 251 valence electrons. The van der Waals surface area contributed by atoms with Crippen LogP contribution in [0.25, 0.3) is 32.3 Å². The van der Waals surface area contributed by atoms with Gasteiger partial charge in [0.1, 0.15) is 13.0 Å². The SMILES string of the molecule is CCN(C(=S)S)c1cccc2ccccc12.CCN(C(=S)S)c1cccc2ccccc12.CCN(C(=S)S)c1cccc2ccccc12.[Fe+3]. The number of hydrogen-bond acceptors (Lipinski definition) is 3. The summed E-state index contributed by atoms with van der Waals surface area (Å²) in [6, 6.07) is 43.6. The molecule has 6 aromatic rings. The molecule has 0 N–H and O–H groups in total. The first-order chi connectivity index (χ1) is 23.2. The van der Waals surface area contributed by atoms with Gasteiger partial charge in [-0.25, -0.2) is 0 Å². The average molecular weight is 798 g/mol. The predicted molar refractivity (Wildman–Crippen MR) is 236 cm³/mol. The Morgan fingerprint density at radius 2 is 0.633 bits per heavy atom. The van der Waals surface area contributed by atoms with Crippen LogP contribution in [-0.2, 0) is 17.1 Å². The normalized spacial score (nSPS) is 10.2. The van der Waals surface area contributed by atoms with Crippen LogP contribution >= 0.6 is 74.5 Å². The number of fused-ring (bicyclic) bond motifs is 3. The molecule has 6 aromatic carbocycles. The molecule has 0 amide bonds. The van der Waals surface area contributed by atoms with Gasteiger partial charge in [-0.1, -0.05) is 146 Å². The number of nitrogens with zero attached hydrogens (tertiary/aromatic N) is 3. The summed E-state index contributed by atoms with van der Waals surface area (Å²) in [4.78, 5) is 6.09. The smallest absolute Gasteiger partial charge is 0.327 e. The van der Waals surface area contributed by atoms with E-state index in [1.165, 1.54) is 32.3 Å². The van der Waals surface area contributed by atoms with Crippen molar-refractivity contribution < 1.29 is 17.1 Å². The van der Waals surface area contributed by atoms with E-state index in [-0.39, 0.29) is 17.1 Å². The number of hydrogen-bond donors (Lipinski definition) is 3. The molecule has 0 aromatic heterocycles. The average Bonchev–Trinajstić information content (AvgIpc) is 3.10. The van der Waals surface area contributed by atoms with Crippen molar-refractivity contribution in [3.63, 3.8) is 0 Å². The van der Waals surface area contributed by atoms with Crippen LogP contribution in [0.1, 0.15) is 20.8 Å². The molecular weight excluding hydrogens is 759 g/mol. The number of thiocarbonyl (C=S) groups is 3. The fraction of sp³-hybridized carbons (Fsp3) is 0.154. The fourth-order valence-corrected chi connectivity index (χ4v) is 6.99. The van der Waals surface area contributed by atoms with Crippen molar-refractivity contribution in [3.05, 3.63) is 127 Å². The van der Waals surface area contributed by atoms with E-state index in [1.54, 1.807) is 0 Å². The van der Waals surface area contributed by atoms with E-state index in [9.17, 15) is 0 Å². The molecule has 0 saturated heterocycles. The molecule has 10 heteroatoms. The summed E-state index contributed by atoms with van der Waals surface area (Å²) in [5.74, 6) is 0. The van der Waals surface area contributed by atoms with Gasteiger partial charge in [0.25, 0.3) is 0 Å². The molecule has 0 atom stereocenters. The van der Waals surface area contributed by atoms with Gasteiger partial charge >= 0.3 is 17.1 Å². The van der Waals surface area contributed by atoms with E-state index in [0.717, 1.165) is 36.7 Å². The van der Waals surface area contributed by atoms with Crippen molar-refractivity contribution in [2.45, 2.75) is 20.8 Å². The van der Waals surface area contributed by atoms with Crippen LogP contribution in [0.15, 0.2) is 127 Å². The van der Waals surface area contributed by atoms with Gasteiger partial charge in [-0.3, -0.25) is 0 Å². The van der Waals surface area contributed by atoms with Gasteiger partial charge in [0.15, 0.2) is 0 Å². The predicted octanol–water partition coefficient (Wildman–Crippen LogP) is 11.6.